The van der Waals surface area contributed by atoms with Crippen LogP contribution in [0.4, 0.5) is 0 Å². The van der Waals surface area contributed by atoms with Crippen LogP contribution in [-0.2, 0) is 13.6 Å². The first-order valence-corrected chi connectivity index (χ1v) is 5.52. The lowest BCUT2D eigenvalue weighted by Gasteiger charge is -2.14. The average Bonchev–Trinajstić information content (AvgIpc) is 2.88. The van der Waals surface area contributed by atoms with E-state index >= 15 is 0 Å². The second kappa shape index (κ2) is 5.01. The van der Waals surface area contributed by atoms with E-state index in [0.717, 1.165) is 11.5 Å². The van der Waals surface area contributed by atoms with Crippen molar-refractivity contribution >= 4 is 5.78 Å². The highest BCUT2D eigenvalue weighted by Gasteiger charge is 2.12. The molecule has 0 radical (unpaired) electrons. The van der Waals surface area contributed by atoms with Gasteiger partial charge in [-0.05, 0) is 31.3 Å². The molecule has 0 aliphatic carbocycles. The Kier molecular flexibility index (Phi) is 3.44. The van der Waals surface area contributed by atoms with E-state index in [2.05, 4.69) is 0 Å². The maximum absolute atomic E-state index is 12.0. The van der Waals surface area contributed by atoms with Gasteiger partial charge in [0.1, 0.15) is 5.76 Å². The number of likely N-dealkylation sites (N-methyl/N-ethyl adjacent to an activating group) is 1. The van der Waals surface area contributed by atoms with Gasteiger partial charge in [-0.1, -0.05) is 0 Å². The minimum Gasteiger partial charge on any atom is -0.468 e. The summed E-state index contributed by atoms with van der Waals surface area (Å²) in [4.78, 5) is 13.9. The van der Waals surface area contributed by atoms with Crippen LogP contribution in [0.5, 0.6) is 0 Å². The summed E-state index contributed by atoms with van der Waals surface area (Å²) in [6.07, 6.45) is 3.52. The lowest BCUT2D eigenvalue weighted by Crippen LogP contribution is -2.26. The van der Waals surface area contributed by atoms with E-state index in [1.165, 1.54) is 0 Å². The van der Waals surface area contributed by atoms with Gasteiger partial charge in [-0.15, -0.1) is 0 Å². The van der Waals surface area contributed by atoms with Gasteiger partial charge in [0.2, 0.25) is 0 Å². The van der Waals surface area contributed by atoms with Crippen LogP contribution < -0.4 is 0 Å². The molecule has 4 nitrogen and oxygen atoms in total. The number of aryl methyl sites for hydroxylation is 1. The summed E-state index contributed by atoms with van der Waals surface area (Å²) < 4.78 is 7.08. The number of rotatable bonds is 5. The molecule has 0 saturated carbocycles. The number of furan rings is 1. The Hall–Kier alpha value is -1.81. The first-order chi connectivity index (χ1) is 8.16. The Morgan fingerprint density at radius 1 is 1.41 bits per heavy atom. The lowest BCUT2D eigenvalue weighted by molar-refractivity contribution is 0.0931. The van der Waals surface area contributed by atoms with Gasteiger partial charge >= 0.3 is 0 Å². The molecule has 90 valence electrons. The SMILES string of the molecule is CN(CC(=O)c1cccn1C)Cc1ccco1. The predicted molar refractivity (Wildman–Crippen MR) is 64.8 cm³/mol. The van der Waals surface area contributed by atoms with Gasteiger partial charge in [-0.3, -0.25) is 9.69 Å². The van der Waals surface area contributed by atoms with E-state index in [4.69, 9.17) is 4.42 Å². The van der Waals surface area contributed by atoms with Crippen molar-refractivity contribution in [3.8, 4) is 0 Å². The first kappa shape index (κ1) is 11.7. The van der Waals surface area contributed by atoms with Crippen LogP contribution in [0.25, 0.3) is 0 Å². The molecule has 0 saturated heterocycles. The number of carbonyl (C=O) groups is 1. The molecule has 0 aliphatic rings. The largest absolute Gasteiger partial charge is 0.468 e. The summed E-state index contributed by atoms with van der Waals surface area (Å²) in [7, 11) is 3.78. The van der Waals surface area contributed by atoms with Crippen LogP contribution >= 0.6 is 0 Å². The number of carbonyl (C=O) groups excluding carboxylic acids is 1. The third-order valence-corrected chi connectivity index (χ3v) is 2.65. The zero-order valence-corrected chi connectivity index (χ0v) is 10.1. The van der Waals surface area contributed by atoms with Crippen molar-refractivity contribution in [2.24, 2.45) is 7.05 Å². The summed E-state index contributed by atoms with van der Waals surface area (Å²) in [5, 5.41) is 0. The molecule has 0 bridgehead atoms. The number of hydrogen-bond donors (Lipinski definition) is 0. The van der Waals surface area contributed by atoms with E-state index in [9.17, 15) is 4.79 Å². The predicted octanol–water partition coefficient (Wildman–Crippen LogP) is 1.93. The molecular formula is C13H16N2O2. The normalized spacial score (nSPS) is 11.0. The third kappa shape index (κ3) is 2.85. The fourth-order valence-corrected chi connectivity index (χ4v) is 1.80. The van der Waals surface area contributed by atoms with Crippen molar-refractivity contribution in [2.45, 2.75) is 6.54 Å². The average molecular weight is 232 g/mol. The number of ketones is 1. The summed E-state index contributed by atoms with van der Waals surface area (Å²) in [5.41, 5.74) is 0.733. The molecule has 17 heavy (non-hydrogen) atoms. The molecule has 2 aromatic rings. The van der Waals surface area contributed by atoms with Crippen LogP contribution in [0.15, 0.2) is 41.1 Å². The van der Waals surface area contributed by atoms with Crippen molar-refractivity contribution in [1.82, 2.24) is 9.47 Å². The van der Waals surface area contributed by atoms with E-state index in [1.54, 1.807) is 6.26 Å². The van der Waals surface area contributed by atoms with Crippen molar-refractivity contribution in [3.05, 3.63) is 48.2 Å². The zero-order valence-electron chi connectivity index (χ0n) is 10.1. The minimum absolute atomic E-state index is 0.117. The van der Waals surface area contributed by atoms with Crippen LogP contribution in [0.3, 0.4) is 0 Å². The third-order valence-electron chi connectivity index (χ3n) is 2.65. The first-order valence-electron chi connectivity index (χ1n) is 5.52. The highest BCUT2D eigenvalue weighted by atomic mass is 16.3. The topological polar surface area (TPSA) is 38.4 Å². The summed E-state index contributed by atoms with van der Waals surface area (Å²) in [6, 6.07) is 7.47. The van der Waals surface area contributed by atoms with E-state index in [0.29, 0.717) is 13.1 Å². The fourth-order valence-electron chi connectivity index (χ4n) is 1.80. The zero-order chi connectivity index (χ0) is 12.3. The van der Waals surface area contributed by atoms with E-state index < -0.39 is 0 Å². The van der Waals surface area contributed by atoms with Gasteiger partial charge in [0, 0.05) is 13.2 Å². The Balaban J connectivity index is 1.93. The Morgan fingerprint density at radius 2 is 2.24 bits per heavy atom. The molecule has 0 N–H and O–H groups in total. The van der Waals surface area contributed by atoms with Crippen molar-refractivity contribution < 1.29 is 9.21 Å². The fraction of sp³-hybridized carbons (Fsp3) is 0.308. The number of nitrogens with zero attached hydrogens (tertiary/aromatic N) is 2. The Bertz CT molecular complexity index is 485. The van der Waals surface area contributed by atoms with Gasteiger partial charge in [-0.25, -0.2) is 0 Å². The number of aromatic nitrogens is 1. The molecule has 4 heteroatoms. The van der Waals surface area contributed by atoms with Gasteiger partial charge < -0.3 is 8.98 Å². The van der Waals surface area contributed by atoms with E-state index in [-0.39, 0.29) is 5.78 Å². The Labute approximate surface area is 100 Å². The molecule has 0 fully saturated rings. The summed E-state index contributed by atoms with van der Waals surface area (Å²) in [5.74, 6) is 0.985. The maximum atomic E-state index is 12.0. The van der Waals surface area contributed by atoms with Gasteiger partial charge in [0.05, 0.1) is 25.0 Å². The molecule has 2 aromatic heterocycles. The summed E-state index contributed by atoms with van der Waals surface area (Å²) >= 11 is 0. The molecule has 0 aromatic carbocycles. The monoisotopic (exact) mass is 232 g/mol. The van der Waals surface area contributed by atoms with Crippen molar-refractivity contribution in [2.75, 3.05) is 13.6 Å². The van der Waals surface area contributed by atoms with Gasteiger partial charge in [0.15, 0.2) is 5.78 Å². The minimum atomic E-state index is 0.117. The summed E-state index contributed by atoms with van der Waals surface area (Å²) in [6.45, 7) is 1.03. The molecule has 0 unspecified atom stereocenters. The molecular weight excluding hydrogens is 216 g/mol. The van der Waals surface area contributed by atoms with Crippen LogP contribution in [0.1, 0.15) is 16.2 Å². The van der Waals surface area contributed by atoms with Crippen molar-refractivity contribution in [1.29, 1.82) is 0 Å². The molecule has 2 heterocycles. The highest BCUT2D eigenvalue weighted by Crippen LogP contribution is 2.06. The molecule has 0 spiro atoms. The van der Waals surface area contributed by atoms with Crippen LogP contribution in [0, 0.1) is 0 Å². The highest BCUT2D eigenvalue weighted by molar-refractivity contribution is 5.96. The second-order valence-corrected chi connectivity index (χ2v) is 4.18. The number of Topliss-reactive ketones (excluding diaryl/α,β-unsaturated/α-hetero) is 1. The second-order valence-electron chi connectivity index (χ2n) is 4.18. The Morgan fingerprint density at radius 3 is 2.82 bits per heavy atom. The van der Waals surface area contributed by atoms with Crippen LogP contribution in [-0.4, -0.2) is 28.8 Å². The van der Waals surface area contributed by atoms with Gasteiger partial charge in [-0.2, -0.15) is 0 Å². The van der Waals surface area contributed by atoms with E-state index in [1.807, 2.05) is 54.0 Å². The smallest absolute Gasteiger partial charge is 0.193 e. The van der Waals surface area contributed by atoms with Crippen molar-refractivity contribution in [3.63, 3.8) is 0 Å². The standard InChI is InChI=1S/C13H16N2O2/c1-14(9-11-5-4-8-17-11)10-13(16)12-6-3-7-15(12)2/h3-8H,9-10H2,1-2H3. The van der Waals surface area contributed by atoms with Crippen LogP contribution in [0.2, 0.25) is 0 Å². The molecule has 0 aliphatic heterocycles. The quantitative estimate of drug-likeness (QED) is 0.739. The maximum Gasteiger partial charge on any atom is 0.193 e. The number of hydrogen-bond acceptors (Lipinski definition) is 3. The molecule has 0 atom stereocenters. The molecule has 0 amide bonds. The molecule has 2 rings (SSSR count). The van der Waals surface area contributed by atoms with Gasteiger partial charge in [0.25, 0.3) is 0 Å². The lowest BCUT2D eigenvalue weighted by atomic mass is 10.2.